The van der Waals surface area contributed by atoms with E-state index in [0.29, 0.717) is 17.2 Å². The molecule has 5 heteroatoms. The molecule has 23 heavy (non-hydrogen) atoms. The number of nitrogens with zero attached hydrogens (tertiary/aromatic N) is 1. The summed E-state index contributed by atoms with van der Waals surface area (Å²) in [6.45, 7) is 1.70. The topological polar surface area (TPSA) is 74.8 Å². The molecular weight excluding hydrogens is 290 g/mol. The number of fused-ring (bicyclic) bond motifs is 2. The van der Waals surface area contributed by atoms with Gasteiger partial charge in [-0.1, -0.05) is 42.5 Å². The van der Waals surface area contributed by atoms with Crippen molar-refractivity contribution in [1.82, 2.24) is 9.97 Å². The van der Waals surface area contributed by atoms with Gasteiger partial charge in [0.2, 0.25) is 5.91 Å². The number of carbonyl (C=O) groups excluding carboxylic acids is 1. The lowest BCUT2D eigenvalue weighted by molar-refractivity contribution is -0.116. The van der Waals surface area contributed by atoms with Crippen molar-refractivity contribution in [2.24, 2.45) is 0 Å². The predicted molar refractivity (Wildman–Crippen MR) is 88.6 cm³/mol. The summed E-state index contributed by atoms with van der Waals surface area (Å²) in [6, 6.07) is 14.0. The number of nitrogens with one attached hydrogen (secondary N) is 2. The number of hydrogen-bond acceptors (Lipinski definition) is 3. The van der Waals surface area contributed by atoms with E-state index in [1.807, 2.05) is 42.5 Å². The minimum absolute atomic E-state index is 0.118. The Labute approximate surface area is 132 Å². The molecule has 0 fully saturated rings. The number of aromatic nitrogens is 2. The van der Waals surface area contributed by atoms with Crippen molar-refractivity contribution >= 4 is 22.5 Å². The van der Waals surface area contributed by atoms with Crippen LogP contribution in [0.3, 0.4) is 0 Å². The van der Waals surface area contributed by atoms with E-state index in [2.05, 4.69) is 15.3 Å². The summed E-state index contributed by atoms with van der Waals surface area (Å²) in [4.78, 5) is 31.6. The van der Waals surface area contributed by atoms with Gasteiger partial charge >= 0.3 is 0 Å². The van der Waals surface area contributed by atoms with Crippen LogP contribution in [-0.2, 0) is 4.79 Å². The van der Waals surface area contributed by atoms with Gasteiger partial charge in [-0.25, -0.2) is 4.98 Å². The molecule has 1 amide bonds. The minimum atomic E-state index is -0.290. The van der Waals surface area contributed by atoms with E-state index in [0.717, 1.165) is 16.3 Å². The number of benzene rings is 2. The lowest BCUT2D eigenvalue weighted by Gasteiger charge is -2.25. The number of anilines is 1. The normalized spacial score (nSPS) is 16.9. The summed E-state index contributed by atoms with van der Waals surface area (Å²) >= 11 is 0. The van der Waals surface area contributed by atoms with E-state index in [4.69, 9.17) is 0 Å². The number of aromatic amines is 1. The third-order valence-electron chi connectivity index (χ3n) is 4.27. The van der Waals surface area contributed by atoms with Crippen LogP contribution in [-0.4, -0.2) is 15.9 Å². The Hall–Kier alpha value is -2.95. The van der Waals surface area contributed by atoms with Gasteiger partial charge < -0.3 is 10.3 Å². The molecule has 1 atom stereocenters. The van der Waals surface area contributed by atoms with Crippen LogP contribution < -0.4 is 10.9 Å². The van der Waals surface area contributed by atoms with Crippen LogP contribution in [0.25, 0.3) is 10.8 Å². The molecule has 0 saturated carbocycles. The molecule has 0 unspecified atom stereocenters. The summed E-state index contributed by atoms with van der Waals surface area (Å²) in [5.41, 5.74) is 1.33. The van der Waals surface area contributed by atoms with Crippen LogP contribution in [0, 0.1) is 6.92 Å². The van der Waals surface area contributed by atoms with Crippen molar-refractivity contribution in [1.29, 1.82) is 0 Å². The molecule has 1 aliphatic heterocycles. The van der Waals surface area contributed by atoms with E-state index in [-0.39, 0.29) is 23.8 Å². The Morgan fingerprint density at radius 3 is 2.74 bits per heavy atom. The van der Waals surface area contributed by atoms with E-state index < -0.39 is 0 Å². The van der Waals surface area contributed by atoms with Crippen LogP contribution in [0.4, 0.5) is 5.82 Å². The van der Waals surface area contributed by atoms with Gasteiger partial charge in [-0.05, 0) is 23.3 Å². The second kappa shape index (κ2) is 5.05. The van der Waals surface area contributed by atoms with Crippen LogP contribution in [0.5, 0.6) is 0 Å². The second-order valence-corrected chi connectivity index (χ2v) is 5.79. The van der Waals surface area contributed by atoms with E-state index >= 15 is 0 Å². The molecule has 5 nitrogen and oxygen atoms in total. The fourth-order valence-electron chi connectivity index (χ4n) is 3.30. The highest BCUT2D eigenvalue weighted by molar-refractivity contribution is 5.95. The van der Waals surface area contributed by atoms with Crippen LogP contribution in [0.2, 0.25) is 0 Å². The highest BCUT2D eigenvalue weighted by Gasteiger charge is 2.31. The Morgan fingerprint density at radius 2 is 1.87 bits per heavy atom. The van der Waals surface area contributed by atoms with Crippen molar-refractivity contribution in [2.45, 2.75) is 19.3 Å². The number of hydrogen-bond donors (Lipinski definition) is 2. The Morgan fingerprint density at radius 1 is 1.09 bits per heavy atom. The number of carbonyl (C=O) groups is 1. The monoisotopic (exact) mass is 305 g/mol. The second-order valence-electron chi connectivity index (χ2n) is 5.79. The number of H-pyrrole nitrogens is 1. The van der Waals surface area contributed by atoms with Gasteiger partial charge in [0.15, 0.2) is 0 Å². The van der Waals surface area contributed by atoms with E-state index in [9.17, 15) is 9.59 Å². The summed E-state index contributed by atoms with van der Waals surface area (Å²) in [6.07, 6.45) is 0.245. The molecule has 1 aliphatic rings. The standard InChI is InChI=1S/C18H15N3O2/c1-10-19-17-16(18(23)20-10)14(9-15(22)21-17)13-8-4-6-11-5-2-3-7-12(11)13/h2-8,14H,9H2,1H3,(H2,19,20,21,22,23)/t14-/m1/s1. The van der Waals surface area contributed by atoms with Crippen molar-refractivity contribution in [2.75, 3.05) is 5.32 Å². The van der Waals surface area contributed by atoms with Crippen molar-refractivity contribution in [3.63, 3.8) is 0 Å². The number of amides is 1. The smallest absolute Gasteiger partial charge is 0.256 e. The third kappa shape index (κ3) is 2.21. The molecule has 0 radical (unpaired) electrons. The zero-order chi connectivity index (χ0) is 16.0. The Bertz CT molecular complexity index is 986. The summed E-state index contributed by atoms with van der Waals surface area (Å²) < 4.78 is 0. The van der Waals surface area contributed by atoms with Gasteiger partial charge in [-0.15, -0.1) is 0 Å². The molecule has 0 aliphatic carbocycles. The van der Waals surface area contributed by atoms with Gasteiger partial charge in [0.1, 0.15) is 11.6 Å². The molecule has 114 valence electrons. The van der Waals surface area contributed by atoms with Crippen LogP contribution >= 0.6 is 0 Å². The molecule has 1 aromatic heterocycles. The Balaban J connectivity index is 2.00. The first-order valence-electron chi connectivity index (χ1n) is 7.52. The number of rotatable bonds is 1. The Kier molecular flexibility index (Phi) is 3.01. The van der Waals surface area contributed by atoms with Gasteiger partial charge in [0, 0.05) is 12.3 Å². The quantitative estimate of drug-likeness (QED) is 0.726. The molecule has 3 aromatic rings. The highest BCUT2D eigenvalue weighted by Crippen LogP contribution is 2.37. The molecule has 2 heterocycles. The SMILES string of the molecule is Cc1nc2c(c(=O)[nH]1)[C@@H](c1cccc3ccccc13)CC(=O)N2. The van der Waals surface area contributed by atoms with Crippen molar-refractivity contribution < 1.29 is 4.79 Å². The van der Waals surface area contributed by atoms with Gasteiger partial charge in [-0.2, -0.15) is 0 Å². The minimum Gasteiger partial charge on any atom is -0.310 e. The maximum absolute atomic E-state index is 12.5. The summed E-state index contributed by atoms with van der Waals surface area (Å²) in [7, 11) is 0. The predicted octanol–water partition coefficient (Wildman–Crippen LogP) is 2.71. The molecule has 0 spiro atoms. The molecule has 0 saturated heterocycles. The highest BCUT2D eigenvalue weighted by atomic mass is 16.2. The molecule has 4 rings (SSSR count). The number of aryl methyl sites for hydroxylation is 1. The average molecular weight is 305 g/mol. The molecular formula is C18H15N3O2. The first kappa shape index (κ1) is 13.7. The maximum Gasteiger partial charge on any atom is 0.256 e. The van der Waals surface area contributed by atoms with Crippen LogP contribution in [0.1, 0.15) is 29.3 Å². The van der Waals surface area contributed by atoms with Gasteiger partial charge in [-0.3, -0.25) is 9.59 Å². The van der Waals surface area contributed by atoms with E-state index in [1.165, 1.54) is 0 Å². The fourth-order valence-corrected chi connectivity index (χ4v) is 3.30. The molecule has 2 N–H and O–H groups in total. The fraction of sp³-hybridized carbons (Fsp3) is 0.167. The van der Waals surface area contributed by atoms with Gasteiger partial charge in [0.05, 0.1) is 5.56 Å². The first-order valence-corrected chi connectivity index (χ1v) is 7.52. The van der Waals surface area contributed by atoms with Crippen LogP contribution in [0.15, 0.2) is 47.3 Å². The lowest BCUT2D eigenvalue weighted by atomic mass is 9.84. The summed E-state index contributed by atoms with van der Waals surface area (Å²) in [5, 5.41) is 4.87. The first-order chi connectivity index (χ1) is 11.1. The third-order valence-corrected chi connectivity index (χ3v) is 4.27. The lowest BCUT2D eigenvalue weighted by Crippen LogP contribution is -2.31. The zero-order valence-electron chi connectivity index (χ0n) is 12.6. The summed E-state index contributed by atoms with van der Waals surface area (Å²) in [5.74, 6) is 0.461. The van der Waals surface area contributed by atoms with E-state index in [1.54, 1.807) is 6.92 Å². The molecule has 2 aromatic carbocycles. The zero-order valence-corrected chi connectivity index (χ0v) is 12.6. The largest absolute Gasteiger partial charge is 0.310 e. The maximum atomic E-state index is 12.5. The van der Waals surface area contributed by atoms with Crippen molar-refractivity contribution in [3.05, 3.63) is 69.8 Å². The molecule has 0 bridgehead atoms. The van der Waals surface area contributed by atoms with Gasteiger partial charge in [0.25, 0.3) is 5.56 Å². The average Bonchev–Trinajstić information content (AvgIpc) is 2.52. The van der Waals surface area contributed by atoms with Crippen molar-refractivity contribution in [3.8, 4) is 0 Å².